The number of nitro groups is 1. The van der Waals surface area contributed by atoms with Crippen LogP contribution in [0.2, 0.25) is 0 Å². The molecule has 1 aromatic carbocycles. The van der Waals surface area contributed by atoms with E-state index >= 15 is 0 Å². The highest BCUT2D eigenvalue weighted by molar-refractivity contribution is 9.10. The zero-order chi connectivity index (χ0) is 13.7. The van der Waals surface area contributed by atoms with E-state index in [-0.39, 0.29) is 24.3 Å². The average Bonchev–Trinajstić information content (AvgIpc) is 2.31. The van der Waals surface area contributed by atoms with Crippen LogP contribution in [0.4, 0.5) is 5.69 Å². The Morgan fingerprint density at radius 2 is 2.28 bits per heavy atom. The topological polar surface area (TPSA) is 93.2 Å². The Hall–Kier alpha value is -1.94. The van der Waals surface area contributed by atoms with Gasteiger partial charge in [-0.2, -0.15) is 5.26 Å². The van der Waals surface area contributed by atoms with Crippen LogP contribution in [0, 0.1) is 21.4 Å². The van der Waals surface area contributed by atoms with Crippen LogP contribution in [-0.2, 0) is 16.0 Å². The molecule has 1 aromatic rings. The molecule has 94 valence electrons. The summed E-state index contributed by atoms with van der Waals surface area (Å²) in [6, 6.07) is 4.24. The number of nitriles is 1. The summed E-state index contributed by atoms with van der Waals surface area (Å²) in [7, 11) is 0. The summed E-state index contributed by atoms with van der Waals surface area (Å²) in [6.45, 7) is 1.90. The smallest absolute Gasteiger partial charge is 0.310 e. The maximum absolute atomic E-state index is 11.3. The average molecular weight is 313 g/mol. The minimum atomic E-state index is -0.609. The van der Waals surface area contributed by atoms with Gasteiger partial charge in [-0.25, -0.2) is 0 Å². The van der Waals surface area contributed by atoms with Crippen molar-refractivity contribution in [2.75, 3.05) is 6.61 Å². The number of esters is 1. The molecule has 0 aliphatic rings. The van der Waals surface area contributed by atoms with E-state index in [0.717, 1.165) is 6.07 Å². The molecule has 0 saturated heterocycles. The van der Waals surface area contributed by atoms with Crippen molar-refractivity contribution >= 4 is 27.6 Å². The Bertz CT molecular complexity index is 537. The lowest BCUT2D eigenvalue weighted by Gasteiger charge is -2.06. The third-order valence-electron chi connectivity index (χ3n) is 2.10. The van der Waals surface area contributed by atoms with Gasteiger partial charge < -0.3 is 4.74 Å². The molecular formula is C11H9BrN2O4. The number of benzene rings is 1. The van der Waals surface area contributed by atoms with Gasteiger partial charge in [-0.15, -0.1) is 0 Å². The Morgan fingerprint density at radius 1 is 1.61 bits per heavy atom. The summed E-state index contributed by atoms with van der Waals surface area (Å²) in [4.78, 5) is 21.4. The van der Waals surface area contributed by atoms with Crippen LogP contribution in [0.3, 0.4) is 0 Å². The summed E-state index contributed by atoms with van der Waals surface area (Å²) in [5.74, 6) is -0.498. The number of carbonyl (C=O) groups excluding carboxylic acids is 1. The van der Waals surface area contributed by atoms with Crippen molar-refractivity contribution < 1.29 is 14.5 Å². The van der Waals surface area contributed by atoms with Gasteiger partial charge in [0.05, 0.1) is 23.5 Å². The van der Waals surface area contributed by atoms with Gasteiger partial charge in [-0.3, -0.25) is 14.9 Å². The molecule has 0 aliphatic heterocycles. The molecule has 0 N–H and O–H groups in total. The largest absolute Gasteiger partial charge is 0.466 e. The summed E-state index contributed by atoms with van der Waals surface area (Å²) in [5, 5.41) is 19.6. The maximum atomic E-state index is 11.3. The Kier molecular flexibility index (Phi) is 4.80. The Labute approximate surface area is 111 Å². The van der Waals surface area contributed by atoms with E-state index in [1.807, 2.05) is 6.07 Å². The fourth-order valence-electron chi connectivity index (χ4n) is 1.35. The predicted molar refractivity (Wildman–Crippen MR) is 65.8 cm³/mol. The Balaban J connectivity index is 3.18. The number of nitrogens with zero attached hydrogens (tertiary/aromatic N) is 2. The molecule has 0 atom stereocenters. The lowest BCUT2D eigenvalue weighted by Crippen LogP contribution is -2.08. The number of rotatable bonds is 4. The van der Waals surface area contributed by atoms with Crippen molar-refractivity contribution in [2.24, 2.45) is 0 Å². The molecule has 0 bridgehead atoms. The fourth-order valence-corrected chi connectivity index (χ4v) is 1.81. The molecule has 0 aromatic heterocycles. The minimum absolute atomic E-state index is 0.114. The SMILES string of the molecule is CCOC(=O)Cc1cc([N+](=O)[O-])cc(C#N)c1Br. The molecule has 0 fully saturated rings. The third kappa shape index (κ3) is 3.28. The Morgan fingerprint density at radius 3 is 2.78 bits per heavy atom. The fraction of sp³-hybridized carbons (Fsp3) is 0.273. The van der Waals surface area contributed by atoms with E-state index in [9.17, 15) is 14.9 Å². The van der Waals surface area contributed by atoms with Crippen LogP contribution in [0.25, 0.3) is 0 Å². The summed E-state index contributed by atoms with van der Waals surface area (Å²) in [6.07, 6.45) is -0.120. The molecule has 6 nitrogen and oxygen atoms in total. The monoisotopic (exact) mass is 312 g/mol. The number of non-ortho nitro benzene ring substituents is 1. The predicted octanol–water partition coefficient (Wildman–Crippen LogP) is 2.33. The first-order valence-corrected chi connectivity index (χ1v) is 5.81. The highest BCUT2D eigenvalue weighted by atomic mass is 79.9. The third-order valence-corrected chi connectivity index (χ3v) is 3.04. The molecule has 0 unspecified atom stereocenters. The lowest BCUT2D eigenvalue weighted by molar-refractivity contribution is -0.384. The highest BCUT2D eigenvalue weighted by Gasteiger charge is 2.17. The van der Waals surface area contributed by atoms with Gasteiger partial charge in [-0.1, -0.05) is 0 Å². The molecule has 1 rings (SSSR count). The van der Waals surface area contributed by atoms with Crippen molar-refractivity contribution in [3.8, 4) is 6.07 Å². The van der Waals surface area contributed by atoms with Crippen molar-refractivity contribution in [2.45, 2.75) is 13.3 Å². The molecule has 0 aliphatic carbocycles. The van der Waals surface area contributed by atoms with E-state index in [1.54, 1.807) is 6.92 Å². The second kappa shape index (κ2) is 6.12. The molecule has 0 radical (unpaired) electrons. The summed E-state index contributed by atoms with van der Waals surface area (Å²) < 4.78 is 5.14. The highest BCUT2D eigenvalue weighted by Crippen LogP contribution is 2.27. The molecule has 7 heteroatoms. The van der Waals surface area contributed by atoms with Crippen LogP contribution in [0.15, 0.2) is 16.6 Å². The van der Waals surface area contributed by atoms with Gasteiger partial charge in [0.1, 0.15) is 6.07 Å². The van der Waals surface area contributed by atoms with Crippen LogP contribution in [0.1, 0.15) is 18.1 Å². The summed E-state index contributed by atoms with van der Waals surface area (Å²) in [5.41, 5.74) is 0.247. The van der Waals surface area contributed by atoms with E-state index in [2.05, 4.69) is 15.9 Å². The number of nitro benzene ring substituents is 1. The molecule has 0 heterocycles. The number of hydrogen-bond donors (Lipinski definition) is 0. The first kappa shape index (κ1) is 14.1. The molecule has 0 amide bonds. The first-order valence-electron chi connectivity index (χ1n) is 5.02. The van der Waals surface area contributed by atoms with Gasteiger partial charge in [0, 0.05) is 16.6 Å². The number of halogens is 1. The number of ether oxygens (including phenoxy) is 1. The maximum Gasteiger partial charge on any atom is 0.310 e. The quantitative estimate of drug-likeness (QED) is 0.483. The van der Waals surface area contributed by atoms with Crippen molar-refractivity contribution in [1.82, 2.24) is 0 Å². The summed E-state index contributed by atoms with van der Waals surface area (Å²) >= 11 is 3.15. The molecule has 18 heavy (non-hydrogen) atoms. The van der Waals surface area contributed by atoms with E-state index in [0.29, 0.717) is 10.0 Å². The zero-order valence-corrected chi connectivity index (χ0v) is 11.1. The standard InChI is InChI=1S/C11H9BrN2O4/c1-2-18-10(15)5-7-3-9(14(16)17)4-8(6-13)11(7)12/h3-4H,2,5H2,1H3. The first-order chi connectivity index (χ1) is 8.49. The van der Waals surface area contributed by atoms with E-state index < -0.39 is 10.9 Å². The zero-order valence-electron chi connectivity index (χ0n) is 9.47. The number of carbonyl (C=O) groups is 1. The van der Waals surface area contributed by atoms with Crippen LogP contribution in [0.5, 0.6) is 0 Å². The van der Waals surface area contributed by atoms with Gasteiger partial charge in [0.25, 0.3) is 5.69 Å². The second-order valence-corrected chi connectivity index (χ2v) is 4.11. The minimum Gasteiger partial charge on any atom is -0.466 e. The van der Waals surface area contributed by atoms with Crippen LogP contribution >= 0.6 is 15.9 Å². The van der Waals surface area contributed by atoms with Crippen molar-refractivity contribution in [1.29, 1.82) is 5.26 Å². The van der Waals surface area contributed by atoms with Crippen LogP contribution < -0.4 is 0 Å². The molecule has 0 saturated carbocycles. The molecule has 0 spiro atoms. The van der Waals surface area contributed by atoms with Gasteiger partial charge in [0.15, 0.2) is 0 Å². The van der Waals surface area contributed by atoms with Gasteiger partial charge in [0.2, 0.25) is 0 Å². The van der Waals surface area contributed by atoms with Gasteiger partial charge in [-0.05, 0) is 28.4 Å². The second-order valence-electron chi connectivity index (χ2n) is 3.32. The van der Waals surface area contributed by atoms with E-state index in [4.69, 9.17) is 10.00 Å². The van der Waals surface area contributed by atoms with E-state index in [1.165, 1.54) is 6.07 Å². The molecular weight excluding hydrogens is 304 g/mol. The van der Waals surface area contributed by atoms with Crippen molar-refractivity contribution in [3.63, 3.8) is 0 Å². The lowest BCUT2D eigenvalue weighted by atomic mass is 10.1. The van der Waals surface area contributed by atoms with Crippen LogP contribution in [-0.4, -0.2) is 17.5 Å². The van der Waals surface area contributed by atoms with Crippen molar-refractivity contribution in [3.05, 3.63) is 37.8 Å². The normalized spacial score (nSPS) is 9.61. The van der Waals surface area contributed by atoms with Gasteiger partial charge >= 0.3 is 5.97 Å². The number of hydrogen-bond acceptors (Lipinski definition) is 5.